The topological polar surface area (TPSA) is 71.9 Å². The van der Waals surface area contributed by atoms with E-state index < -0.39 is 0 Å². The van der Waals surface area contributed by atoms with E-state index in [1.54, 1.807) is 48.5 Å². The highest BCUT2D eigenvalue weighted by molar-refractivity contribution is 6.35. The molecule has 0 atom stereocenters. The summed E-state index contributed by atoms with van der Waals surface area (Å²) in [6, 6.07) is 21.3. The molecule has 1 aromatic heterocycles. The van der Waals surface area contributed by atoms with Gasteiger partial charge in [-0.1, -0.05) is 41.4 Å². The van der Waals surface area contributed by atoms with Crippen LogP contribution in [0.5, 0.6) is 11.5 Å². The first-order chi connectivity index (χ1) is 13.6. The predicted molar refractivity (Wildman–Crippen MR) is 106 cm³/mol. The van der Waals surface area contributed by atoms with E-state index in [2.05, 4.69) is 16.3 Å². The highest BCUT2D eigenvalue weighted by Gasteiger charge is 2.16. The molecule has 0 N–H and O–H groups in total. The highest BCUT2D eigenvalue weighted by atomic mass is 35.5. The molecule has 0 spiro atoms. The van der Waals surface area contributed by atoms with Crippen molar-refractivity contribution >= 4 is 23.2 Å². The number of ether oxygens (including phenoxy) is 1. The first-order valence-electron chi connectivity index (χ1n) is 8.20. The van der Waals surface area contributed by atoms with E-state index in [0.29, 0.717) is 44.1 Å². The van der Waals surface area contributed by atoms with Crippen LogP contribution >= 0.6 is 23.2 Å². The molecule has 4 aromatic rings. The largest absolute Gasteiger partial charge is 0.455 e. The van der Waals surface area contributed by atoms with Gasteiger partial charge in [-0.25, -0.2) is 0 Å². The van der Waals surface area contributed by atoms with E-state index in [1.165, 1.54) is 0 Å². The molecule has 0 bridgehead atoms. The molecule has 0 saturated carbocycles. The molecule has 0 aliphatic rings. The molecule has 0 unspecified atom stereocenters. The normalized spacial score (nSPS) is 10.5. The first kappa shape index (κ1) is 18.1. The van der Waals surface area contributed by atoms with Gasteiger partial charge < -0.3 is 9.15 Å². The van der Waals surface area contributed by atoms with Crippen molar-refractivity contribution in [1.82, 2.24) is 10.2 Å². The molecule has 1 heterocycles. The summed E-state index contributed by atoms with van der Waals surface area (Å²) in [4.78, 5) is 0. The lowest BCUT2D eigenvalue weighted by Gasteiger charge is -2.10. The summed E-state index contributed by atoms with van der Waals surface area (Å²) in [5.74, 6) is 1.57. The van der Waals surface area contributed by atoms with Gasteiger partial charge in [0.05, 0.1) is 22.2 Å². The number of aromatic nitrogens is 2. The Balaban J connectivity index is 1.69. The Morgan fingerprint density at radius 2 is 1.68 bits per heavy atom. The molecule has 0 saturated heterocycles. The van der Waals surface area contributed by atoms with Gasteiger partial charge >= 0.3 is 0 Å². The van der Waals surface area contributed by atoms with E-state index in [1.807, 2.05) is 18.2 Å². The van der Waals surface area contributed by atoms with Crippen molar-refractivity contribution in [3.63, 3.8) is 0 Å². The predicted octanol–water partition coefficient (Wildman–Crippen LogP) is 6.37. The van der Waals surface area contributed by atoms with Crippen LogP contribution in [0.3, 0.4) is 0 Å². The second kappa shape index (κ2) is 7.73. The average molecular weight is 408 g/mol. The van der Waals surface area contributed by atoms with Crippen molar-refractivity contribution in [3.8, 4) is 40.5 Å². The van der Waals surface area contributed by atoms with E-state index in [9.17, 15) is 0 Å². The molecule has 4 rings (SSSR count). The van der Waals surface area contributed by atoms with Gasteiger partial charge in [0.2, 0.25) is 5.89 Å². The molecule has 0 fully saturated rings. The Bertz CT molecular complexity index is 1200. The Kier molecular flexibility index (Phi) is 4.98. The Morgan fingerprint density at radius 1 is 0.857 bits per heavy atom. The molecule has 28 heavy (non-hydrogen) atoms. The third-order valence-corrected chi connectivity index (χ3v) is 4.43. The maximum atomic E-state index is 9.06. The van der Waals surface area contributed by atoms with E-state index in [0.717, 1.165) is 0 Å². The van der Waals surface area contributed by atoms with Crippen molar-refractivity contribution in [2.24, 2.45) is 0 Å². The zero-order chi connectivity index (χ0) is 19.5. The van der Waals surface area contributed by atoms with Crippen molar-refractivity contribution in [2.75, 3.05) is 0 Å². The fourth-order valence-electron chi connectivity index (χ4n) is 2.58. The van der Waals surface area contributed by atoms with Gasteiger partial charge in [-0.05, 0) is 48.5 Å². The van der Waals surface area contributed by atoms with Gasteiger partial charge in [0.1, 0.15) is 11.5 Å². The maximum Gasteiger partial charge on any atom is 0.251 e. The molecule has 136 valence electrons. The van der Waals surface area contributed by atoms with Crippen LogP contribution in [-0.2, 0) is 0 Å². The van der Waals surface area contributed by atoms with Crippen molar-refractivity contribution in [1.29, 1.82) is 5.26 Å². The zero-order valence-electron chi connectivity index (χ0n) is 14.3. The average Bonchev–Trinajstić information content (AvgIpc) is 3.21. The Hall–Kier alpha value is -3.33. The number of nitriles is 1. The van der Waals surface area contributed by atoms with Crippen LogP contribution < -0.4 is 4.74 Å². The molecule has 3 aromatic carbocycles. The summed E-state index contributed by atoms with van der Waals surface area (Å²) >= 11 is 12.1. The fourth-order valence-corrected chi connectivity index (χ4v) is 3.03. The minimum Gasteiger partial charge on any atom is -0.455 e. The lowest BCUT2D eigenvalue weighted by atomic mass is 10.1. The summed E-state index contributed by atoms with van der Waals surface area (Å²) in [5.41, 5.74) is 1.79. The summed E-state index contributed by atoms with van der Waals surface area (Å²) in [5, 5.41) is 18.2. The Labute approximate surface area is 170 Å². The second-order valence-corrected chi connectivity index (χ2v) is 6.62. The molecule has 0 aliphatic carbocycles. The van der Waals surface area contributed by atoms with Gasteiger partial charge in [-0.15, -0.1) is 10.2 Å². The van der Waals surface area contributed by atoms with Crippen LogP contribution in [0.15, 0.2) is 71.1 Å². The van der Waals surface area contributed by atoms with E-state index in [-0.39, 0.29) is 5.89 Å². The van der Waals surface area contributed by atoms with Crippen LogP contribution in [0.1, 0.15) is 5.56 Å². The minimum atomic E-state index is 0.290. The fraction of sp³-hybridized carbons (Fsp3) is 0. The third kappa shape index (κ3) is 3.70. The standard InChI is InChI=1S/C21H11Cl2N3O2/c22-15-8-9-19(17(23)11-15)27-18-7-2-1-6-16(18)21-26-25-20(28-21)14-5-3-4-13(10-14)12-24/h1-11H. The van der Waals surface area contributed by atoms with Crippen molar-refractivity contribution in [2.45, 2.75) is 0 Å². The van der Waals surface area contributed by atoms with Gasteiger partial charge in [0, 0.05) is 10.6 Å². The summed E-state index contributed by atoms with van der Waals surface area (Å²) in [6.07, 6.45) is 0. The van der Waals surface area contributed by atoms with E-state index >= 15 is 0 Å². The highest BCUT2D eigenvalue weighted by Crippen LogP contribution is 2.37. The van der Waals surface area contributed by atoms with Crippen molar-refractivity contribution < 1.29 is 9.15 Å². The van der Waals surface area contributed by atoms with Crippen LogP contribution in [0.2, 0.25) is 10.0 Å². The van der Waals surface area contributed by atoms with Crippen molar-refractivity contribution in [3.05, 3.63) is 82.3 Å². The number of nitrogens with zero attached hydrogens (tertiary/aromatic N) is 3. The monoisotopic (exact) mass is 407 g/mol. The second-order valence-electron chi connectivity index (χ2n) is 5.78. The summed E-state index contributed by atoms with van der Waals surface area (Å²) in [7, 11) is 0. The molecule has 0 radical (unpaired) electrons. The lowest BCUT2D eigenvalue weighted by molar-refractivity contribution is 0.481. The number of halogens is 2. The molecule has 7 heteroatoms. The van der Waals surface area contributed by atoms with E-state index in [4.69, 9.17) is 37.6 Å². The number of para-hydroxylation sites is 1. The third-order valence-electron chi connectivity index (χ3n) is 3.89. The number of benzene rings is 3. The van der Waals surface area contributed by atoms with Crippen LogP contribution in [-0.4, -0.2) is 10.2 Å². The summed E-state index contributed by atoms with van der Waals surface area (Å²) in [6.45, 7) is 0. The molecular formula is C21H11Cl2N3O2. The number of hydrogen-bond donors (Lipinski definition) is 0. The number of rotatable bonds is 4. The smallest absolute Gasteiger partial charge is 0.251 e. The lowest BCUT2D eigenvalue weighted by Crippen LogP contribution is -1.89. The summed E-state index contributed by atoms with van der Waals surface area (Å²) < 4.78 is 11.8. The van der Waals surface area contributed by atoms with Gasteiger partial charge in [-0.3, -0.25) is 0 Å². The molecule has 0 amide bonds. The van der Waals surface area contributed by atoms with Crippen LogP contribution in [0, 0.1) is 11.3 Å². The molecule has 0 aliphatic heterocycles. The number of hydrogen-bond acceptors (Lipinski definition) is 5. The Morgan fingerprint density at radius 3 is 2.50 bits per heavy atom. The maximum absolute atomic E-state index is 9.06. The minimum absolute atomic E-state index is 0.290. The van der Waals surface area contributed by atoms with Gasteiger partial charge in [0.25, 0.3) is 5.89 Å². The molecular weight excluding hydrogens is 397 g/mol. The van der Waals surface area contributed by atoms with Gasteiger partial charge in [-0.2, -0.15) is 5.26 Å². The SMILES string of the molecule is N#Cc1cccc(-c2nnc(-c3ccccc3Oc3ccc(Cl)cc3Cl)o2)c1. The molecule has 5 nitrogen and oxygen atoms in total. The van der Waals surface area contributed by atoms with Gasteiger partial charge in [0.15, 0.2) is 0 Å². The van der Waals surface area contributed by atoms with Crippen LogP contribution in [0.4, 0.5) is 0 Å². The van der Waals surface area contributed by atoms with Crippen LogP contribution in [0.25, 0.3) is 22.9 Å². The first-order valence-corrected chi connectivity index (χ1v) is 8.96. The quantitative estimate of drug-likeness (QED) is 0.392. The zero-order valence-corrected chi connectivity index (χ0v) is 15.8.